The average molecular weight is 406 g/mol. The second-order valence-electron chi connectivity index (χ2n) is 7.18. The Hall–Kier alpha value is -3.69. The number of aromatic nitrogens is 5. The van der Waals surface area contributed by atoms with Crippen LogP contribution < -0.4 is 15.1 Å². The van der Waals surface area contributed by atoms with Crippen LogP contribution in [0.2, 0.25) is 0 Å². The van der Waals surface area contributed by atoms with Gasteiger partial charge in [-0.1, -0.05) is 0 Å². The van der Waals surface area contributed by atoms with Crippen molar-refractivity contribution in [2.45, 2.75) is 19.4 Å². The van der Waals surface area contributed by atoms with Crippen molar-refractivity contribution in [2.24, 2.45) is 0 Å². The van der Waals surface area contributed by atoms with Crippen LogP contribution in [0.3, 0.4) is 0 Å². The quantitative estimate of drug-likeness (QED) is 0.665. The van der Waals surface area contributed by atoms with Crippen LogP contribution in [0.15, 0.2) is 36.8 Å². The molecule has 2 amide bonds. The Bertz CT molecular complexity index is 1110. The van der Waals surface area contributed by atoms with Crippen LogP contribution in [0.5, 0.6) is 0 Å². The first kappa shape index (κ1) is 18.3. The van der Waals surface area contributed by atoms with Gasteiger partial charge in [0, 0.05) is 62.3 Å². The van der Waals surface area contributed by atoms with Gasteiger partial charge in [-0.25, -0.2) is 29.7 Å². The van der Waals surface area contributed by atoms with E-state index >= 15 is 0 Å². The molecule has 2 aliphatic rings. The Balaban J connectivity index is 1.46. The number of hydrogen-bond donors (Lipinski definition) is 1. The lowest BCUT2D eigenvalue weighted by Gasteiger charge is -2.35. The zero-order chi connectivity index (χ0) is 20.7. The Morgan fingerprint density at radius 1 is 1.10 bits per heavy atom. The maximum atomic E-state index is 14.3. The van der Waals surface area contributed by atoms with Crippen LogP contribution in [0, 0.1) is 5.95 Å². The van der Waals surface area contributed by atoms with E-state index in [0.29, 0.717) is 49.2 Å². The SMILES string of the molecule is C[C@H]1c2cnc(-c3ncccn3)nc2CCN1c1cc(N2CCNC2=O)cc(F)n1. The van der Waals surface area contributed by atoms with Gasteiger partial charge in [0.15, 0.2) is 11.6 Å². The number of nitrogens with zero attached hydrogens (tertiary/aromatic N) is 7. The van der Waals surface area contributed by atoms with Gasteiger partial charge in [-0.2, -0.15) is 4.39 Å². The summed E-state index contributed by atoms with van der Waals surface area (Å²) < 4.78 is 14.3. The van der Waals surface area contributed by atoms with Gasteiger partial charge >= 0.3 is 6.03 Å². The molecular weight excluding hydrogens is 387 g/mol. The largest absolute Gasteiger partial charge is 0.349 e. The first-order chi connectivity index (χ1) is 14.6. The minimum absolute atomic E-state index is 0.103. The van der Waals surface area contributed by atoms with E-state index in [2.05, 4.69) is 30.2 Å². The van der Waals surface area contributed by atoms with E-state index in [9.17, 15) is 9.18 Å². The zero-order valence-corrected chi connectivity index (χ0v) is 16.3. The molecular formula is C20H19FN8O. The second kappa shape index (κ2) is 7.29. The number of anilines is 2. The summed E-state index contributed by atoms with van der Waals surface area (Å²) in [5, 5.41) is 2.73. The number of carbonyl (C=O) groups excluding carboxylic acids is 1. The molecule has 3 aromatic rings. The molecule has 152 valence electrons. The summed E-state index contributed by atoms with van der Waals surface area (Å²) in [5.74, 6) is 0.836. The molecule has 0 unspecified atom stereocenters. The highest BCUT2D eigenvalue weighted by Crippen LogP contribution is 2.34. The highest BCUT2D eigenvalue weighted by atomic mass is 19.1. The molecule has 0 aromatic carbocycles. The molecule has 0 saturated carbocycles. The summed E-state index contributed by atoms with van der Waals surface area (Å²) in [5.41, 5.74) is 2.37. The molecule has 0 spiro atoms. The van der Waals surface area contributed by atoms with E-state index < -0.39 is 5.95 Å². The van der Waals surface area contributed by atoms with Gasteiger partial charge in [0.2, 0.25) is 5.95 Å². The van der Waals surface area contributed by atoms with Gasteiger partial charge in [0.1, 0.15) is 5.82 Å². The van der Waals surface area contributed by atoms with E-state index in [4.69, 9.17) is 0 Å². The molecule has 3 aromatic heterocycles. The number of pyridine rings is 1. The van der Waals surface area contributed by atoms with E-state index in [1.54, 1.807) is 30.7 Å². The molecule has 0 bridgehead atoms. The minimum atomic E-state index is -0.618. The molecule has 2 aliphatic heterocycles. The predicted octanol–water partition coefficient (Wildman–Crippen LogP) is 2.12. The van der Waals surface area contributed by atoms with E-state index in [1.807, 2.05) is 11.8 Å². The summed E-state index contributed by atoms with van der Waals surface area (Å²) in [6.45, 7) is 3.66. The highest BCUT2D eigenvalue weighted by molar-refractivity contribution is 5.94. The van der Waals surface area contributed by atoms with Crippen LogP contribution in [0.25, 0.3) is 11.6 Å². The van der Waals surface area contributed by atoms with Gasteiger partial charge in [-0.15, -0.1) is 0 Å². The van der Waals surface area contributed by atoms with Crippen LogP contribution in [0.4, 0.5) is 20.7 Å². The first-order valence-corrected chi connectivity index (χ1v) is 9.73. The Kier molecular flexibility index (Phi) is 4.46. The van der Waals surface area contributed by atoms with Crippen molar-refractivity contribution in [2.75, 3.05) is 29.4 Å². The van der Waals surface area contributed by atoms with Gasteiger partial charge in [-0.05, 0) is 13.0 Å². The van der Waals surface area contributed by atoms with Crippen molar-refractivity contribution in [1.82, 2.24) is 30.2 Å². The molecule has 1 atom stereocenters. The molecule has 9 nitrogen and oxygen atoms in total. The van der Waals surface area contributed by atoms with Gasteiger partial charge < -0.3 is 10.2 Å². The lowest BCUT2D eigenvalue weighted by atomic mass is 9.99. The van der Waals surface area contributed by atoms with Crippen LogP contribution in [-0.4, -0.2) is 50.6 Å². The molecule has 0 radical (unpaired) electrons. The summed E-state index contributed by atoms with van der Waals surface area (Å²) in [6, 6.07) is 4.45. The van der Waals surface area contributed by atoms with E-state index in [0.717, 1.165) is 11.3 Å². The Morgan fingerprint density at radius 2 is 1.93 bits per heavy atom. The lowest BCUT2D eigenvalue weighted by Crippen LogP contribution is -2.36. The lowest BCUT2D eigenvalue weighted by molar-refractivity contribution is 0.252. The zero-order valence-electron chi connectivity index (χ0n) is 16.3. The van der Waals surface area contributed by atoms with Crippen molar-refractivity contribution in [3.05, 3.63) is 54.0 Å². The fourth-order valence-corrected chi connectivity index (χ4v) is 3.89. The maximum absolute atomic E-state index is 14.3. The second-order valence-corrected chi connectivity index (χ2v) is 7.18. The van der Waals surface area contributed by atoms with Gasteiger partial charge in [-0.3, -0.25) is 4.90 Å². The summed E-state index contributed by atoms with van der Waals surface area (Å²) in [7, 11) is 0. The predicted molar refractivity (Wildman–Crippen MR) is 107 cm³/mol. The van der Waals surface area contributed by atoms with Crippen LogP contribution >= 0.6 is 0 Å². The van der Waals surface area contributed by atoms with Gasteiger partial charge in [0.25, 0.3) is 0 Å². The fraction of sp³-hybridized carbons (Fsp3) is 0.300. The van der Waals surface area contributed by atoms with Crippen LogP contribution in [-0.2, 0) is 6.42 Å². The molecule has 0 aliphatic carbocycles. The van der Waals surface area contributed by atoms with E-state index in [1.165, 1.54) is 11.0 Å². The average Bonchev–Trinajstić information content (AvgIpc) is 3.20. The number of hydrogen-bond acceptors (Lipinski definition) is 7. The highest BCUT2D eigenvalue weighted by Gasteiger charge is 2.29. The van der Waals surface area contributed by atoms with Crippen molar-refractivity contribution < 1.29 is 9.18 Å². The normalized spacial score (nSPS) is 18.3. The Morgan fingerprint density at radius 3 is 2.70 bits per heavy atom. The number of amides is 2. The maximum Gasteiger partial charge on any atom is 0.322 e. The number of urea groups is 1. The molecule has 1 fully saturated rings. The summed E-state index contributed by atoms with van der Waals surface area (Å²) >= 11 is 0. The molecule has 5 heterocycles. The molecule has 1 N–H and O–H groups in total. The number of carbonyl (C=O) groups is 1. The molecule has 30 heavy (non-hydrogen) atoms. The topological polar surface area (TPSA) is 100 Å². The number of halogens is 1. The molecule has 1 saturated heterocycles. The summed E-state index contributed by atoms with van der Waals surface area (Å²) in [6.07, 6.45) is 5.74. The minimum Gasteiger partial charge on any atom is -0.349 e. The number of rotatable bonds is 3. The molecule has 10 heteroatoms. The fourth-order valence-electron chi connectivity index (χ4n) is 3.89. The van der Waals surface area contributed by atoms with Crippen molar-refractivity contribution in [1.29, 1.82) is 0 Å². The van der Waals surface area contributed by atoms with E-state index in [-0.39, 0.29) is 12.1 Å². The number of nitrogens with one attached hydrogen (secondary N) is 1. The number of fused-ring (bicyclic) bond motifs is 1. The summed E-state index contributed by atoms with van der Waals surface area (Å²) in [4.78, 5) is 37.1. The van der Waals surface area contributed by atoms with Gasteiger partial charge in [0.05, 0.1) is 17.4 Å². The molecule has 5 rings (SSSR count). The smallest absolute Gasteiger partial charge is 0.322 e. The van der Waals surface area contributed by atoms with Crippen LogP contribution in [0.1, 0.15) is 24.2 Å². The van der Waals surface area contributed by atoms with Crippen molar-refractivity contribution in [3.8, 4) is 11.6 Å². The van der Waals surface area contributed by atoms with Crippen molar-refractivity contribution in [3.63, 3.8) is 0 Å². The van der Waals surface area contributed by atoms with Crippen molar-refractivity contribution >= 4 is 17.5 Å². The third-order valence-electron chi connectivity index (χ3n) is 5.40. The Labute approximate surface area is 172 Å². The third-order valence-corrected chi connectivity index (χ3v) is 5.40. The first-order valence-electron chi connectivity index (χ1n) is 9.73. The monoisotopic (exact) mass is 406 g/mol. The third kappa shape index (κ3) is 3.19. The standard InChI is InChI=1S/C20H19FN8O/c1-12-14-11-25-19(18-22-4-2-5-23-18)26-15(14)3-7-28(12)17-10-13(9-16(21)27-17)29-8-6-24-20(29)30/h2,4-5,9-12H,3,6-8H2,1H3,(H,24,30)/t12-/m0/s1.